The fourth-order valence-corrected chi connectivity index (χ4v) is 13.7. The molecule has 0 radical (unpaired) electrons. The molecule has 0 spiro atoms. The maximum Gasteiger partial charge on any atom is 0.289 e. The summed E-state index contributed by atoms with van der Waals surface area (Å²) >= 11 is 0. The van der Waals surface area contributed by atoms with E-state index in [1.807, 2.05) is 0 Å². The maximum absolute atomic E-state index is 11.1. The second kappa shape index (κ2) is 2.45. The van der Waals surface area contributed by atoms with Crippen LogP contribution in [0.15, 0.2) is 0 Å². The number of hydrogen-bond donors (Lipinski definition) is 0. The van der Waals surface area contributed by atoms with Crippen LogP contribution in [0.2, 0.25) is 37.9 Å². The van der Waals surface area contributed by atoms with Crippen molar-refractivity contribution in [2.45, 2.75) is 37.9 Å². The molecule has 64 valence electrons. The molecule has 0 unspecified atom stereocenters. The first-order valence-electron chi connectivity index (χ1n) is 4.03. The molecule has 0 aromatic carbocycles. The lowest BCUT2D eigenvalue weighted by atomic mass is 10.8. The highest BCUT2D eigenvalue weighted by molar-refractivity contribution is 6.96. The lowest BCUT2D eigenvalue weighted by molar-refractivity contribution is -0.133. The lowest BCUT2D eigenvalue weighted by Gasteiger charge is -2.36. The summed E-state index contributed by atoms with van der Waals surface area (Å²) in [7, 11) is -2.78. The topological polar surface area (TPSA) is 26.3 Å². The van der Waals surface area contributed by atoms with Crippen LogP contribution in [0.3, 0.4) is 0 Å². The van der Waals surface area contributed by atoms with Gasteiger partial charge in [0.2, 0.25) is 8.32 Å². The molecule has 1 aliphatic heterocycles. The number of hydrogen-bond acceptors (Lipinski definition) is 2. The van der Waals surface area contributed by atoms with Crippen LogP contribution >= 0.6 is 0 Å². The van der Waals surface area contributed by atoms with Crippen molar-refractivity contribution in [3.8, 4) is 0 Å². The molecule has 0 N–H and O–H groups in total. The first-order valence-corrected chi connectivity index (χ1v) is 10.6. The summed E-state index contributed by atoms with van der Waals surface area (Å²) in [6.45, 7) is 8.84. The zero-order valence-electron chi connectivity index (χ0n) is 7.73. The molecular formula is C7H16O2Si2. The van der Waals surface area contributed by atoms with Crippen molar-refractivity contribution in [2.24, 2.45) is 0 Å². The molecule has 0 atom stereocenters. The summed E-state index contributed by atoms with van der Waals surface area (Å²) in [5.41, 5.74) is 1.23. The molecule has 11 heavy (non-hydrogen) atoms. The van der Waals surface area contributed by atoms with Gasteiger partial charge in [-0.3, -0.25) is 4.79 Å². The molecule has 0 amide bonds. The van der Waals surface area contributed by atoms with Gasteiger partial charge in [0.15, 0.2) is 0 Å². The number of carbonyl (C=O) groups excluding carboxylic acids is 1. The summed E-state index contributed by atoms with van der Waals surface area (Å²) in [5.74, 6) is 0.0598. The van der Waals surface area contributed by atoms with E-state index >= 15 is 0 Å². The minimum absolute atomic E-state index is 0.0598. The molecule has 1 saturated heterocycles. The van der Waals surface area contributed by atoms with Gasteiger partial charge in [-0.05, 0) is 18.8 Å². The van der Waals surface area contributed by atoms with Gasteiger partial charge in [0.1, 0.15) is 0 Å². The predicted molar refractivity (Wildman–Crippen MR) is 50.7 cm³/mol. The maximum atomic E-state index is 11.1. The van der Waals surface area contributed by atoms with Gasteiger partial charge in [-0.25, -0.2) is 0 Å². The Morgan fingerprint density at radius 1 is 1.27 bits per heavy atom. The molecule has 4 heteroatoms. The average Bonchev–Trinajstić information content (AvgIpc) is 1.49. The Bertz CT molecular complexity index is 169. The Balaban J connectivity index is 2.74. The zero-order valence-corrected chi connectivity index (χ0v) is 9.73. The quantitative estimate of drug-likeness (QED) is 0.544. The highest BCUT2D eigenvalue weighted by atomic mass is 28.4. The molecule has 1 fully saturated rings. The van der Waals surface area contributed by atoms with Crippen molar-refractivity contribution in [3.05, 3.63) is 0 Å². The van der Waals surface area contributed by atoms with Gasteiger partial charge in [0.05, 0.1) is 8.07 Å². The Morgan fingerprint density at radius 2 is 1.82 bits per heavy atom. The van der Waals surface area contributed by atoms with Crippen LogP contribution in [0.4, 0.5) is 0 Å². The Morgan fingerprint density at radius 3 is 2.18 bits per heavy atom. The fourth-order valence-electron chi connectivity index (χ4n) is 1.99. The minimum Gasteiger partial charge on any atom is -0.520 e. The Kier molecular flexibility index (Phi) is 2.00. The summed E-state index contributed by atoms with van der Waals surface area (Å²) in [4.78, 5) is 11.1. The third-order valence-corrected chi connectivity index (χ3v) is 11.2. The first kappa shape index (κ1) is 9.00. The van der Waals surface area contributed by atoms with Gasteiger partial charge in [-0.2, -0.15) is 0 Å². The summed E-state index contributed by atoms with van der Waals surface area (Å²) in [6, 6.07) is 0.726. The van der Waals surface area contributed by atoms with Gasteiger partial charge in [0.25, 0.3) is 5.97 Å². The molecule has 1 heterocycles. The summed E-state index contributed by atoms with van der Waals surface area (Å²) in [5, 5.41) is 0. The number of rotatable bonds is 0. The third-order valence-electron chi connectivity index (χ3n) is 1.92. The van der Waals surface area contributed by atoms with E-state index in [2.05, 4.69) is 26.2 Å². The highest BCUT2D eigenvalue weighted by Crippen LogP contribution is 2.29. The number of carbonyl (C=O) groups is 1. The predicted octanol–water partition coefficient (Wildman–Crippen LogP) is 2.00. The van der Waals surface area contributed by atoms with Crippen molar-refractivity contribution in [1.29, 1.82) is 0 Å². The van der Waals surface area contributed by atoms with Crippen molar-refractivity contribution in [2.75, 3.05) is 0 Å². The van der Waals surface area contributed by atoms with Gasteiger partial charge < -0.3 is 4.43 Å². The van der Waals surface area contributed by atoms with Gasteiger partial charge in [-0.15, -0.1) is 0 Å². The first-order chi connectivity index (χ1) is 4.81. The van der Waals surface area contributed by atoms with Crippen molar-refractivity contribution >= 4 is 22.4 Å². The highest BCUT2D eigenvalue weighted by Gasteiger charge is 2.42. The summed E-state index contributed by atoms with van der Waals surface area (Å²) < 4.78 is 5.34. The standard InChI is InChI=1S/C7H16O2Si2/c1-10(2)5-7(8)9-11(3,4)6-10/h5-6H2,1-4H3. The second-order valence-electron chi connectivity index (χ2n) is 4.75. The second-order valence-corrected chi connectivity index (χ2v) is 14.6. The molecule has 1 rings (SSSR count). The van der Waals surface area contributed by atoms with Gasteiger partial charge >= 0.3 is 0 Å². The van der Waals surface area contributed by atoms with Gasteiger partial charge in [-0.1, -0.05) is 13.1 Å². The zero-order chi connectivity index (χ0) is 8.70. The van der Waals surface area contributed by atoms with E-state index in [1.165, 1.54) is 5.67 Å². The van der Waals surface area contributed by atoms with E-state index in [4.69, 9.17) is 4.43 Å². The summed E-state index contributed by atoms with van der Waals surface area (Å²) in [6.07, 6.45) is 0. The molecule has 0 bridgehead atoms. The van der Waals surface area contributed by atoms with Crippen LogP contribution in [-0.4, -0.2) is 22.4 Å². The van der Waals surface area contributed by atoms with Crippen LogP contribution in [0.25, 0.3) is 0 Å². The van der Waals surface area contributed by atoms with E-state index in [0.717, 1.165) is 6.04 Å². The van der Waals surface area contributed by atoms with Crippen LogP contribution < -0.4 is 0 Å². The van der Waals surface area contributed by atoms with E-state index in [9.17, 15) is 4.79 Å². The van der Waals surface area contributed by atoms with E-state index in [0.29, 0.717) is 0 Å². The van der Waals surface area contributed by atoms with Crippen LogP contribution in [0.5, 0.6) is 0 Å². The molecule has 0 aromatic heterocycles. The molecule has 0 aliphatic carbocycles. The third kappa shape index (κ3) is 2.45. The van der Waals surface area contributed by atoms with E-state index < -0.39 is 16.4 Å². The molecule has 1 aliphatic rings. The largest absolute Gasteiger partial charge is 0.520 e. The van der Waals surface area contributed by atoms with Crippen LogP contribution in [0.1, 0.15) is 0 Å². The SMILES string of the molecule is C[Si]1(C)CC(=O)O[Si](C)(C)C1. The minimum atomic E-state index is -1.58. The molecular weight excluding hydrogens is 172 g/mol. The van der Waals surface area contributed by atoms with Crippen molar-refractivity contribution in [3.63, 3.8) is 0 Å². The smallest absolute Gasteiger partial charge is 0.289 e. The Hall–Kier alpha value is -0.0962. The lowest BCUT2D eigenvalue weighted by Crippen LogP contribution is -2.49. The van der Waals surface area contributed by atoms with Crippen LogP contribution in [0, 0.1) is 0 Å². The van der Waals surface area contributed by atoms with Crippen molar-refractivity contribution in [1.82, 2.24) is 0 Å². The molecule has 0 saturated carbocycles. The Labute approximate surface area is 70.1 Å². The van der Waals surface area contributed by atoms with E-state index in [1.54, 1.807) is 0 Å². The van der Waals surface area contributed by atoms with Crippen molar-refractivity contribution < 1.29 is 9.22 Å². The monoisotopic (exact) mass is 188 g/mol. The van der Waals surface area contributed by atoms with E-state index in [-0.39, 0.29) is 5.97 Å². The van der Waals surface area contributed by atoms with Crippen LogP contribution in [-0.2, 0) is 9.22 Å². The average molecular weight is 188 g/mol. The molecule has 0 aromatic rings. The van der Waals surface area contributed by atoms with Gasteiger partial charge in [0, 0.05) is 6.04 Å². The fraction of sp³-hybridized carbons (Fsp3) is 0.857. The normalized spacial score (nSPS) is 27.8. The molecule has 2 nitrogen and oxygen atoms in total.